The van der Waals surface area contributed by atoms with Crippen LogP contribution in [-0.2, 0) is 11.4 Å². The molecule has 0 bridgehead atoms. The lowest BCUT2D eigenvalue weighted by Gasteiger charge is -2.07. The van der Waals surface area contributed by atoms with Crippen molar-refractivity contribution >= 4 is 12.0 Å². The molecule has 4 heteroatoms. The maximum atomic E-state index is 13.5. The molecule has 2 aromatic rings. The molecule has 0 atom stereocenters. The van der Waals surface area contributed by atoms with Crippen LogP contribution >= 0.6 is 0 Å². The van der Waals surface area contributed by atoms with E-state index in [0.717, 1.165) is 17.4 Å². The maximum Gasteiger partial charge on any atom is 0.328 e. The standard InChI is InChI=1S/C16H13FO3/c17-15-8-6-12(10-13(15)7-9-16(18)19)11-20-14-4-2-1-3-5-14/h1-10H,11H2,(H,18,19). The van der Waals surface area contributed by atoms with Crippen LogP contribution in [-0.4, -0.2) is 11.1 Å². The number of hydrogen-bond donors (Lipinski definition) is 1. The van der Waals surface area contributed by atoms with Crippen LogP contribution in [0.15, 0.2) is 54.6 Å². The van der Waals surface area contributed by atoms with Gasteiger partial charge in [-0.05, 0) is 35.9 Å². The number of carboxylic acid groups (broad SMARTS) is 1. The first-order valence-electron chi connectivity index (χ1n) is 6.02. The van der Waals surface area contributed by atoms with Crippen molar-refractivity contribution in [1.29, 1.82) is 0 Å². The number of halogens is 1. The molecule has 3 nitrogen and oxygen atoms in total. The second kappa shape index (κ2) is 6.52. The van der Waals surface area contributed by atoms with Gasteiger partial charge in [0.2, 0.25) is 0 Å². The molecule has 102 valence electrons. The molecule has 0 radical (unpaired) electrons. The molecule has 0 fully saturated rings. The van der Waals surface area contributed by atoms with Crippen LogP contribution in [0.4, 0.5) is 4.39 Å². The Morgan fingerprint density at radius 1 is 1.20 bits per heavy atom. The van der Waals surface area contributed by atoms with E-state index in [1.54, 1.807) is 12.1 Å². The van der Waals surface area contributed by atoms with Crippen LogP contribution in [0.5, 0.6) is 5.75 Å². The lowest BCUT2D eigenvalue weighted by atomic mass is 10.1. The van der Waals surface area contributed by atoms with Crippen molar-refractivity contribution in [3.63, 3.8) is 0 Å². The quantitative estimate of drug-likeness (QED) is 0.847. The molecular weight excluding hydrogens is 259 g/mol. The number of carboxylic acids is 1. The second-order valence-electron chi connectivity index (χ2n) is 4.13. The summed E-state index contributed by atoms with van der Waals surface area (Å²) in [6, 6.07) is 13.7. The fourth-order valence-corrected chi connectivity index (χ4v) is 1.66. The number of hydrogen-bond acceptors (Lipinski definition) is 2. The second-order valence-corrected chi connectivity index (χ2v) is 4.13. The third-order valence-corrected chi connectivity index (χ3v) is 2.61. The molecule has 2 aromatic carbocycles. The molecule has 0 heterocycles. The molecule has 0 unspecified atom stereocenters. The summed E-state index contributed by atoms with van der Waals surface area (Å²) in [4.78, 5) is 10.4. The summed E-state index contributed by atoms with van der Waals surface area (Å²) >= 11 is 0. The summed E-state index contributed by atoms with van der Waals surface area (Å²) in [7, 11) is 0. The van der Waals surface area contributed by atoms with Gasteiger partial charge in [0, 0.05) is 11.6 Å². The Balaban J connectivity index is 2.09. The molecule has 0 aliphatic rings. The molecule has 20 heavy (non-hydrogen) atoms. The topological polar surface area (TPSA) is 46.5 Å². The summed E-state index contributed by atoms with van der Waals surface area (Å²) in [6.45, 7) is 0.290. The average molecular weight is 272 g/mol. The van der Waals surface area contributed by atoms with E-state index in [4.69, 9.17) is 9.84 Å². The largest absolute Gasteiger partial charge is 0.489 e. The first-order valence-corrected chi connectivity index (χ1v) is 6.02. The van der Waals surface area contributed by atoms with Gasteiger partial charge in [-0.25, -0.2) is 9.18 Å². The fourth-order valence-electron chi connectivity index (χ4n) is 1.66. The minimum Gasteiger partial charge on any atom is -0.489 e. The van der Waals surface area contributed by atoms with E-state index in [-0.39, 0.29) is 12.2 Å². The SMILES string of the molecule is O=C(O)C=Cc1cc(COc2ccccc2)ccc1F. The summed E-state index contributed by atoms with van der Waals surface area (Å²) < 4.78 is 19.0. The van der Waals surface area contributed by atoms with Gasteiger partial charge >= 0.3 is 5.97 Å². The number of rotatable bonds is 5. The number of aliphatic carboxylic acids is 1. The van der Waals surface area contributed by atoms with Gasteiger partial charge in [-0.3, -0.25) is 0 Å². The van der Waals surface area contributed by atoms with Gasteiger partial charge in [0.15, 0.2) is 0 Å². The van der Waals surface area contributed by atoms with E-state index in [0.29, 0.717) is 0 Å². The number of para-hydroxylation sites is 1. The number of ether oxygens (including phenoxy) is 1. The summed E-state index contributed by atoms with van der Waals surface area (Å²) in [5, 5.41) is 8.55. The van der Waals surface area contributed by atoms with Gasteiger partial charge in [0.05, 0.1) is 0 Å². The first kappa shape index (κ1) is 13.8. The Labute approximate surface area is 115 Å². The van der Waals surface area contributed by atoms with Crippen LogP contribution in [0.1, 0.15) is 11.1 Å². The summed E-state index contributed by atoms with van der Waals surface area (Å²) in [5.41, 5.74) is 0.988. The Morgan fingerprint density at radius 3 is 2.65 bits per heavy atom. The van der Waals surface area contributed by atoms with E-state index in [9.17, 15) is 9.18 Å². The minimum absolute atomic E-state index is 0.224. The number of benzene rings is 2. The van der Waals surface area contributed by atoms with Crippen molar-refractivity contribution < 1.29 is 19.0 Å². The average Bonchev–Trinajstić information content (AvgIpc) is 2.46. The van der Waals surface area contributed by atoms with Crippen LogP contribution in [0.3, 0.4) is 0 Å². The van der Waals surface area contributed by atoms with Gasteiger partial charge < -0.3 is 9.84 Å². The Morgan fingerprint density at radius 2 is 1.95 bits per heavy atom. The van der Waals surface area contributed by atoms with Gasteiger partial charge in [0.25, 0.3) is 0 Å². The lowest BCUT2D eigenvalue weighted by Crippen LogP contribution is -1.97. The highest BCUT2D eigenvalue weighted by atomic mass is 19.1. The Hall–Kier alpha value is -2.62. The van der Waals surface area contributed by atoms with Crippen molar-refractivity contribution in [2.75, 3.05) is 0 Å². The molecular formula is C16H13FO3. The van der Waals surface area contributed by atoms with Gasteiger partial charge in [-0.2, -0.15) is 0 Å². The van der Waals surface area contributed by atoms with Crippen LogP contribution in [0.25, 0.3) is 6.08 Å². The van der Waals surface area contributed by atoms with Crippen LogP contribution in [0.2, 0.25) is 0 Å². The minimum atomic E-state index is -1.12. The van der Waals surface area contributed by atoms with E-state index in [2.05, 4.69) is 0 Å². The van der Waals surface area contributed by atoms with E-state index < -0.39 is 11.8 Å². The third kappa shape index (κ3) is 3.95. The molecule has 0 saturated heterocycles. The van der Waals surface area contributed by atoms with Crippen molar-refractivity contribution in [2.24, 2.45) is 0 Å². The number of carbonyl (C=O) groups is 1. The normalized spacial score (nSPS) is 10.7. The summed E-state index contributed by atoms with van der Waals surface area (Å²) in [6.07, 6.45) is 2.13. The molecule has 0 saturated carbocycles. The smallest absolute Gasteiger partial charge is 0.328 e. The van der Waals surface area contributed by atoms with E-state index in [1.165, 1.54) is 12.1 Å². The molecule has 2 rings (SSSR count). The molecule has 0 spiro atoms. The third-order valence-electron chi connectivity index (χ3n) is 2.61. The molecule has 1 N–H and O–H groups in total. The van der Waals surface area contributed by atoms with Crippen LogP contribution in [0, 0.1) is 5.82 Å². The maximum absolute atomic E-state index is 13.5. The van der Waals surface area contributed by atoms with Crippen molar-refractivity contribution in [1.82, 2.24) is 0 Å². The predicted molar refractivity (Wildman–Crippen MR) is 73.8 cm³/mol. The highest BCUT2D eigenvalue weighted by Gasteiger charge is 2.02. The Kier molecular flexibility index (Phi) is 4.50. The summed E-state index contributed by atoms with van der Waals surface area (Å²) in [5.74, 6) is -0.860. The van der Waals surface area contributed by atoms with E-state index >= 15 is 0 Å². The molecule has 0 aromatic heterocycles. The Bertz CT molecular complexity index is 621. The molecule has 0 aliphatic carbocycles. The lowest BCUT2D eigenvalue weighted by molar-refractivity contribution is -0.131. The van der Waals surface area contributed by atoms with Gasteiger partial charge in [-0.1, -0.05) is 24.3 Å². The van der Waals surface area contributed by atoms with Crippen molar-refractivity contribution in [2.45, 2.75) is 6.61 Å². The molecule has 0 amide bonds. The zero-order chi connectivity index (χ0) is 14.4. The van der Waals surface area contributed by atoms with Crippen LogP contribution < -0.4 is 4.74 Å². The van der Waals surface area contributed by atoms with Crippen molar-refractivity contribution in [3.05, 3.63) is 71.6 Å². The van der Waals surface area contributed by atoms with Gasteiger partial charge in [0.1, 0.15) is 18.2 Å². The van der Waals surface area contributed by atoms with Gasteiger partial charge in [-0.15, -0.1) is 0 Å². The highest BCUT2D eigenvalue weighted by molar-refractivity contribution is 5.85. The highest BCUT2D eigenvalue weighted by Crippen LogP contribution is 2.15. The predicted octanol–water partition coefficient (Wildman–Crippen LogP) is 3.50. The zero-order valence-corrected chi connectivity index (χ0v) is 10.6. The molecule has 0 aliphatic heterocycles. The fraction of sp³-hybridized carbons (Fsp3) is 0.0625. The van der Waals surface area contributed by atoms with Crippen molar-refractivity contribution in [3.8, 4) is 5.75 Å². The first-order chi connectivity index (χ1) is 9.65. The van der Waals surface area contributed by atoms with E-state index in [1.807, 2.05) is 30.3 Å². The zero-order valence-electron chi connectivity index (χ0n) is 10.6. The monoisotopic (exact) mass is 272 g/mol.